The second kappa shape index (κ2) is 11.1. The number of hydrogen-bond acceptors (Lipinski definition) is 11. The maximum atomic E-state index is 10.5. The van der Waals surface area contributed by atoms with E-state index in [9.17, 15) is 35.7 Å². The van der Waals surface area contributed by atoms with Crippen LogP contribution in [0.1, 0.15) is 13.3 Å². The molecule has 1 unspecified atom stereocenters. The molecule has 0 amide bonds. The Hall–Kier alpha value is -0.710. The minimum absolute atomic E-state index is 0.188. The first-order valence-corrected chi connectivity index (χ1v) is 9.78. The highest BCUT2D eigenvalue weighted by Gasteiger charge is 2.50. The first kappa shape index (κ1) is 24.6. The van der Waals surface area contributed by atoms with Crippen molar-refractivity contribution in [3.05, 3.63) is 0 Å². The number of hydrogen-bond donors (Lipinski definition) is 9. The summed E-state index contributed by atoms with van der Waals surface area (Å²) in [5.74, 6) is 0. The monoisotopic (exact) mass is 442 g/mol. The molecule has 0 saturated carbocycles. The Morgan fingerprint density at radius 2 is 1.55 bits per heavy atom. The molecular weight excluding hydrogens is 412 g/mol. The molecule has 0 aromatic carbocycles. The maximum absolute atomic E-state index is 10.5. The highest BCUT2D eigenvalue weighted by atomic mass is 32.1. The number of thiocarbonyl (C=S) groups is 1. The summed E-state index contributed by atoms with van der Waals surface area (Å²) in [6.45, 7) is 1.26. The molecule has 2 aliphatic rings. The van der Waals surface area contributed by atoms with Crippen LogP contribution in [0.15, 0.2) is 0 Å². The quantitative estimate of drug-likeness (QED) is 0.171. The Morgan fingerprint density at radius 1 is 0.897 bits per heavy atom. The molecule has 170 valence electrons. The van der Waals surface area contributed by atoms with Gasteiger partial charge in [0.2, 0.25) is 0 Å². The van der Waals surface area contributed by atoms with Crippen LogP contribution >= 0.6 is 12.2 Å². The highest BCUT2D eigenvalue weighted by Crippen LogP contribution is 2.28. The van der Waals surface area contributed by atoms with Crippen molar-refractivity contribution in [2.75, 3.05) is 19.8 Å². The lowest BCUT2D eigenvalue weighted by molar-refractivity contribution is -0.342. The van der Waals surface area contributed by atoms with Gasteiger partial charge in [-0.1, -0.05) is 6.92 Å². The zero-order valence-corrected chi connectivity index (χ0v) is 16.7. The molecule has 2 rings (SSSR count). The molecule has 2 aliphatic heterocycles. The zero-order chi connectivity index (χ0) is 21.7. The van der Waals surface area contributed by atoms with Crippen LogP contribution in [0.4, 0.5) is 0 Å². The second-order valence-electron chi connectivity index (χ2n) is 6.96. The van der Waals surface area contributed by atoms with Gasteiger partial charge in [-0.25, -0.2) is 0 Å². The number of ether oxygens (including phenoxy) is 3. The minimum Gasteiger partial charge on any atom is -0.394 e. The fraction of sp³-hybridized carbons (Fsp3) is 0.938. The molecule has 9 N–H and O–H groups in total. The number of aliphatic hydroxyl groups excluding tert-OH is 7. The van der Waals surface area contributed by atoms with Gasteiger partial charge in [-0.15, -0.1) is 0 Å². The average Bonchev–Trinajstić information content (AvgIpc) is 2.71. The van der Waals surface area contributed by atoms with Crippen molar-refractivity contribution < 1.29 is 50.0 Å². The van der Waals surface area contributed by atoms with Crippen LogP contribution in [-0.2, 0) is 14.2 Å². The van der Waals surface area contributed by atoms with Crippen molar-refractivity contribution in [1.82, 2.24) is 10.6 Å². The van der Waals surface area contributed by atoms with E-state index >= 15 is 0 Å². The molecule has 0 spiro atoms. The van der Waals surface area contributed by atoms with Gasteiger partial charge >= 0.3 is 0 Å². The minimum atomic E-state index is -1.71. The fourth-order valence-electron chi connectivity index (χ4n) is 3.13. The van der Waals surface area contributed by atoms with E-state index in [2.05, 4.69) is 10.6 Å². The van der Waals surface area contributed by atoms with E-state index in [1.807, 2.05) is 6.92 Å². The first-order valence-electron chi connectivity index (χ1n) is 9.37. The predicted molar refractivity (Wildman–Crippen MR) is 100 cm³/mol. The number of nitrogens with one attached hydrogen (secondary N) is 2. The van der Waals surface area contributed by atoms with Crippen molar-refractivity contribution in [2.45, 2.75) is 74.7 Å². The van der Waals surface area contributed by atoms with Gasteiger partial charge in [0.15, 0.2) is 17.6 Å². The number of aliphatic hydroxyl groups is 7. The average molecular weight is 442 g/mol. The van der Waals surface area contributed by atoms with Gasteiger partial charge in [-0.3, -0.25) is 0 Å². The summed E-state index contributed by atoms with van der Waals surface area (Å²) in [5.41, 5.74) is 0. The molecule has 13 heteroatoms. The molecule has 2 heterocycles. The highest BCUT2D eigenvalue weighted by molar-refractivity contribution is 7.80. The third-order valence-electron chi connectivity index (χ3n) is 4.81. The third-order valence-corrected chi connectivity index (χ3v) is 5.08. The van der Waals surface area contributed by atoms with Gasteiger partial charge in [0.1, 0.15) is 48.8 Å². The fourth-order valence-corrected chi connectivity index (χ4v) is 3.35. The predicted octanol–water partition coefficient (Wildman–Crippen LogP) is -4.52. The summed E-state index contributed by atoms with van der Waals surface area (Å²) in [6.07, 6.45) is -13.7. The lowest BCUT2D eigenvalue weighted by Gasteiger charge is -2.46. The van der Waals surface area contributed by atoms with Crippen LogP contribution < -0.4 is 10.6 Å². The SMILES string of the molecule is CCCNC(=S)NC1O[C@H](CO)[C@@H](O[C@@H]2O[C@H](CO)[C@H](O)[C@H](O)[C@H]2O)[C@H](O)[C@H]1O. The van der Waals surface area contributed by atoms with Crippen molar-refractivity contribution in [3.8, 4) is 0 Å². The van der Waals surface area contributed by atoms with Crippen LogP contribution in [0.2, 0.25) is 0 Å². The Balaban J connectivity index is 2.06. The molecular formula is C16H30N2O10S. The molecule has 0 aromatic heterocycles. The first-order chi connectivity index (χ1) is 13.7. The molecule has 29 heavy (non-hydrogen) atoms. The Bertz CT molecular complexity index is 528. The maximum Gasteiger partial charge on any atom is 0.187 e. The van der Waals surface area contributed by atoms with Crippen LogP contribution in [0.25, 0.3) is 0 Å². The topological polar surface area (TPSA) is 193 Å². The molecule has 10 atom stereocenters. The normalized spacial score (nSPS) is 43.0. The van der Waals surface area contributed by atoms with Crippen LogP contribution in [0, 0.1) is 0 Å². The van der Waals surface area contributed by atoms with E-state index < -0.39 is 74.6 Å². The molecule has 2 fully saturated rings. The van der Waals surface area contributed by atoms with E-state index in [0.29, 0.717) is 6.54 Å². The van der Waals surface area contributed by atoms with E-state index in [1.54, 1.807) is 0 Å². The molecule has 0 radical (unpaired) electrons. The van der Waals surface area contributed by atoms with Crippen LogP contribution in [-0.4, -0.2) is 122 Å². The molecule has 0 aliphatic carbocycles. The Labute approximate surface area is 173 Å². The van der Waals surface area contributed by atoms with Crippen LogP contribution in [0.3, 0.4) is 0 Å². The van der Waals surface area contributed by atoms with Gasteiger partial charge in [-0.05, 0) is 18.6 Å². The standard InChI is InChI=1S/C16H30N2O10S/c1-2-3-17-16(29)18-14-11(24)10(23)13(7(5-20)26-14)28-15-12(25)9(22)8(21)6(4-19)27-15/h6-15,19-25H,2-5H2,1H3,(H2,17,18,29)/t6-,7-,8+,9+,10-,11-,12-,13-,14?,15+/m1/s1. The lowest BCUT2D eigenvalue weighted by atomic mass is 9.96. The van der Waals surface area contributed by atoms with Gasteiger partial charge in [-0.2, -0.15) is 0 Å². The Kier molecular flexibility index (Phi) is 9.37. The van der Waals surface area contributed by atoms with Gasteiger partial charge in [0, 0.05) is 6.54 Å². The third kappa shape index (κ3) is 5.71. The van der Waals surface area contributed by atoms with Crippen molar-refractivity contribution in [2.24, 2.45) is 0 Å². The molecule has 12 nitrogen and oxygen atoms in total. The van der Waals surface area contributed by atoms with E-state index in [4.69, 9.17) is 26.4 Å². The zero-order valence-electron chi connectivity index (χ0n) is 15.9. The largest absolute Gasteiger partial charge is 0.394 e. The van der Waals surface area contributed by atoms with Crippen molar-refractivity contribution in [1.29, 1.82) is 0 Å². The molecule has 0 aromatic rings. The van der Waals surface area contributed by atoms with E-state index in [0.717, 1.165) is 6.42 Å². The van der Waals surface area contributed by atoms with Crippen molar-refractivity contribution >= 4 is 17.3 Å². The summed E-state index contributed by atoms with van der Waals surface area (Å²) in [7, 11) is 0. The number of rotatable bonds is 7. The second-order valence-corrected chi connectivity index (χ2v) is 7.37. The van der Waals surface area contributed by atoms with E-state index in [-0.39, 0.29) is 5.11 Å². The summed E-state index contributed by atoms with van der Waals surface area (Å²) in [6, 6.07) is 0. The smallest absolute Gasteiger partial charge is 0.187 e. The van der Waals surface area contributed by atoms with Crippen LogP contribution in [0.5, 0.6) is 0 Å². The summed E-state index contributed by atoms with van der Waals surface area (Å²) < 4.78 is 16.2. The summed E-state index contributed by atoms with van der Waals surface area (Å²) >= 11 is 5.08. The molecule has 2 saturated heterocycles. The van der Waals surface area contributed by atoms with Gasteiger partial charge in [0.05, 0.1) is 13.2 Å². The lowest BCUT2D eigenvalue weighted by Crippen LogP contribution is -2.67. The Morgan fingerprint density at radius 3 is 2.14 bits per heavy atom. The van der Waals surface area contributed by atoms with Crippen molar-refractivity contribution in [3.63, 3.8) is 0 Å². The van der Waals surface area contributed by atoms with E-state index in [1.165, 1.54) is 0 Å². The summed E-state index contributed by atoms with van der Waals surface area (Å²) in [5, 5.41) is 75.3. The van der Waals surface area contributed by atoms with Gasteiger partial charge < -0.3 is 60.6 Å². The van der Waals surface area contributed by atoms with Gasteiger partial charge in [0.25, 0.3) is 0 Å². The summed E-state index contributed by atoms with van der Waals surface area (Å²) in [4.78, 5) is 0. The molecule has 0 bridgehead atoms.